The van der Waals surface area contributed by atoms with Crippen LogP contribution in [-0.4, -0.2) is 38.0 Å². The van der Waals surface area contributed by atoms with E-state index in [0.29, 0.717) is 21.6 Å². The third-order valence-corrected chi connectivity index (χ3v) is 5.55. The molecule has 1 aromatic carbocycles. The van der Waals surface area contributed by atoms with Gasteiger partial charge in [0.25, 0.3) is 0 Å². The topological polar surface area (TPSA) is 81.9 Å². The van der Waals surface area contributed by atoms with Crippen molar-refractivity contribution < 1.29 is 9.53 Å². The van der Waals surface area contributed by atoms with Crippen molar-refractivity contribution in [2.24, 2.45) is 0 Å². The molecule has 2 heterocycles. The van der Waals surface area contributed by atoms with Crippen molar-refractivity contribution in [2.45, 2.75) is 37.2 Å². The molecule has 0 aliphatic rings. The highest BCUT2D eigenvalue weighted by molar-refractivity contribution is 8.00. The molecule has 0 bridgehead atoms. The van der Waals surface area contributed by atoms with E-state index in [1.54, 1.807) is 37.7 Å². The van der Waals surface area contributed by atoms with Crippen LogP contribution in [-0.2, 0) is 11.3 Å². The number of hydrogen-bond donors (Lipinski definition) is 1. The predicted molar refractivity (Wildman–Crippen MR) is 115 cm³/mol. The molecule has 0 radical (unpaired) electrons. The number of thioether (sulfide) groups is 1. The Balaban J connectivity index is 1.74. The Morgan fingerprint density at radius 3 is 2.69 bits per heavy atom. The molecule has 29 heavy (non-hydrogen) atoms. The van der Waals surface area contributed by atoms with Crippen LogP contribution in [0.3, 0.4) is 0 Å². The minimum atomic E-state index is -0.374. The maximum absolute atomic E-state index is 12.7. The number of amides is 1. The van der Waals surface area contributed by atoms with Crippen LogP contribution < -0.4 is 10.1 Å². The number of carbonyl (C=O) groups is 1. The zero-order chi connectivity index (χ0) is 20.8. The van der Waals surface area contributed by atoms with E-state index < -0.39 is 0 Å². The van der Waals surface area contributed by atoms with Crippen molar-refractivity contribution in [3.63, 3.8) is 0 Å². The number of nitrogens with zero attached hydrogens (tertiary/aromatic N) is 4. The summed E-state index contributed by atoms with van der Waals surface area (Å²) in [6, 6.07) is 8.93. The molecule has 0 saturated heterocycles. The van der Waals surface area contributed by atoms with Crippen molar-refractivity contribution in [2.75, 3.05) is 12.4 Å². The number of nitrogens with one attached hydrogen (secondary N) is 1. The molecule has 3 aromatic rings. The molecular formula is C20H22ClN5O2S. The number of benzene rings is 1. The molecule has 1 atom stereocenters. The molecule has 7 nitrogen and oxygen atoms in total. The number of aromatic nitrogens is 4. The minimum Gasteiger partial charge on any atom is -0.495 e. The van der Waals surface area contributed by atoms with Crippen LogP contribution in [0.25, 0.3) is 11.4 Å². The summed E-state index contributed by atoms with van der Waals surface area (Å²) < 4.78 is 7.17. The average molecular weight is 432 g/mol. The maximum atomic E-state index is 12.7. The molecular weight excluding hydrogens is 410 g/mol. The van der Waals surface area contributed by atoms with Crippen LogP contribution in [0.5, 0.6) is 5.75 Å². The first-order chi connectivity index (χ1) is 14.0. The molecule has 1 amide bonds. The molecule has 0 saturated carbocycles. The van der Waals surface area contributed by atoms with E-state index in [2.05, 4.69) is 27.4 Å². The monoisotopic (exact) mass is 431 g/mol. The summed E-state index contributed by atoms with van der Waals surface area (Å²) >= 11 is 7.50. The molecule has 0 spiro atoms. The summed E-state index contributed by atoms with van der Waals surface area (Å²) in [5.41, 5.74) is 1.55. The summed E-state index contributed by atoms with van der Waals surface area (Å²) in [7, 11) is 1.55. The summed E-state index contributed by atoms with van der Waals surface area (Å²) in [5, 5.41) is 12.3. The van der Waals surface area contributed by atoms with E-state index in [-0.39, 0.29) is 11.2 Å². The molecule has 3 rings (SSSR count). The molecule has 1 N–H and O–H groups in total. The zero-order valence-corrected chi connectivity index (χ0v) is 18.0. The zero-order valence-electron chi connectivity index (χ0n) is 16.4. The molecule has 0 aliphatic heterocycles. The number of rotatable bonds is 8. The van der Waals surface area contributed by atoms with Crippen LogP contribution >= 0.6 is 23.4 Å². The third-order valence-electron chi connectivity index (χ3n) is 4.17. The summed E-state index contributed by atoms with van der Waals surface area (Å²) in [5.74, 6) is 1.18. The van der Waals surface area contributed by atoms with Crippen molar-refractivity contribution in [3.05, 3.63) is 47.7 Å². The van der Waals surface area contributed by atoms with Gasteiger partial charge in [-0.1, -0.05) is 30.3 Å². The number of halogens is 1. The van der Waals surface area contributed by atoms with Gasteiger partial charge in [-0.15, -0.1) is 10.2 Å². The van der Waals surface area contributed by atoms with E-state index >= 15 is 0 Å². The first-order valence-corrected chi connectivity index (χ1v) is 10.4. The Bertz CT molecular complexity index is 980. The fraction of sp³-hybridized carbons (Fsp3) is 0.300. The van der Waals surface area contributed by atoms with Gasteiger partial charge in [0.15, 0.2) is 11.0 Å². The molecule has 0 aliphatic carbocycles. The smallest absolute Gasteiger partial charge is 0.237 e. The normalized spacial score (nSPS) is 11.9. The van der Waals surface area contributed by atoms with E-state index in [1.807, 2.05) is 23.6 Å². The number of hydrogen-bond acceptors (Lipinski definition) is 6. The number of pyridine rings is 1. The van der Waals surface area contributed by atoms with Crippen LogP contribution in [0.1, 0.15) is 20.3 Å². The van der Waals surface area contributed by atoms with Gasteiger partial charge in [0, 0.05) is 30.2 Å². The Hall–Kier alpha value is -2.58. The lowest BCUT2D eigenvalue weighted by Crippen LogP contribution is -2.23. The largest absolute Gasteiger partial charge is 0.495 e. The highest BCUT2D eigenvalue weighted by atomic mass is 35.5. The first-order valence-electron chi connectivity index (χ1n) is 9.18. The van der Waals surface area contributed by atoms with E-state index in [0.717, 1.165) is 24.4 Å². The van der Waals surface area contributed by atoms with Gasteiger partial charge in [-0.25, -0.2) is 0 Å². The fourth-order valence-electron chi connectivity index (χ4n) is 2.72. The second-order valence-corrected chi connectivity index (χ2v) is 8.01. The standard InChI is InChI=1S/C20H22ClN5O2S/c1-4-11-26-18(14-7-9-22-10-8-14)24-25-20(26)29-13(2)19(27)23-15-5-6-17(28-3)16(21)12-15/h5-10,12-13H,4,11H2,1-3H3,(H,23,27). The lowest BCUT2D eigenvalue weighted by molar-refractivity contribution is -0.115. The predicted octanol–water partition coefficient (Wildman–Crippen LogP) is 4.53. The second kappa shape index (κ2) is 9.76. The lowest BCUT2D eigenvalue weighted by atomic mass is 10.2. The Labute approximate surface area is 178 Å². The highest BCUT2D eigenvalue weighted by Gasteiger charge is 2.21. The van der Waals surface area contributed by atoms with E-state index in [9.17, 15) is 4.79 Å². The Morgan fingerprint density at radius 2 is 2.03 bits per heavy atom. The molecule has 152 valence electrons. The fourth-order valence-corrected chi connectivity index (χ4v) is 3.85. The minimum absolute atomic E-state index is 0.146. The van der Waals surface area contributed by atoms with E-state index in [1.165, 1.54) is 11.8 Å². The number of methoxy groups -OCH3 is 1. The van der Waals surface area contributed by atoms with Gasteiger partial charge in [0.1, 0.15) is 5.75 Å². The van der Waals surface area contributed by atoms with Crippen molar-refractivity contribution in [1.82, 2.24) is 19.7 Å². The van der Waals surface area contributed by atoms with Gasteiger partial charge in [0.05, 0.1) is 17.4 Å². The number of anilines is 1. The van der Waals surface area contributed by atoms with Gasteiger partial charge in [0.2, 0.25) is 5.91 Å². The quantitative estimate of drug-likeness (QED) is 0.527. The molecule has 0 fully saturated rings. The molecule has 9 heteroatoms. The highest BCUT2D eigenvalue weighted by Crippen LogP contribution is 2.29. The van der Waals surface area contributed by atoms with Gasteiger partial charge < -0.3 is 14.6 Å². The Kier molecular flexibility index (Phi) is 7.11. The van der Waals surface area contributed by atoms with Crippen LogP contribution in [0, 0.1) is 0 Å². The van der Waals surface area contributed by atoms with Crippen molar-refractivity contribution in [3.8, 4) is 17.1 Å². The van der Waals surface area contributed by atoms with Crippen molar-refractivity contribution >= 4 is 35.0 Å². The first kappa shape index (κ1) is 21.1. The molecule has 2 aromatic heterocycles. The SMILES string of the molecule is CCCn1c(SC(C)C(=O)Nc2ccc(OC)c(Cl)c2)nnc1-c1ccncc1. The molecule has 1 unspecified atom stereocenters. The van der Waals surface area contributed by atoms with Crippen LogP contribution in [0.15, 0.2) is 47.9 Å². The Morgan fingerprint density at radius 1 is 1.28 bits per heavy atom. The number of ether oxygens (including phenoxy) is 1. The number of carbonyl (C=O) groups excluding carboxylic acids is 1. The van der Waals surface area contributed by atoms with Crippen LogP contribution in [0.2, 0.25) is 5.02 Å². The van der Waals surface area contributed by atoms with Gasteiger partial charge in [-0.2, -0.15) is 0 Å². The van der Waals surface area contributed by atoms with Gasteiger partial charge in [-0.05, 0) is 43.7 Å². The summed E-state index contributed by atoms with van der Waals surface area (Å²) in [6.45, 7) is 4.69. The maximum Gasteiger partial charge on any atom is 0.237 e. The lowest BCUT2D eigenvalue weighted by Gasteiger charge is -2.14. The van der Waals surface area contributed by atoms with Gasteiger partial charge in [-0.3, -0.25) is 9.78 Å². The van der Waals surface area contributed by atoms with E-state index in [4.69, 9.17) is 16.3 Å². The van der Waals surface area contributed by atoms with Gasteiger partial charge >= 0.3 is 0 Å². The average Bonchev–Trinajstić information content (AvgIpc) is 3.11. The summed E-state index contributed by atoms with van der Waals surface area (Å²) in [6.07, 6.45) is 4.38. The second-order valence-electron chi connectivity index (χ2n) is 6.29. The van der Waals surface area contributed by atoms with Crippen molar-refractivity contribution in [1.29, 1.82) is 0 Å². The summed E-state index contributed by atoms with van der Waals surface area (Å²) in [4.78, 5) is 16.7. The third kappa shape index (κ3) is 5.07. The van der Waals surface area contributed by atoms with Crippen LogP contribution in [0.4, 0.5) is 5.69 Å².